The van der Waals surface area contributed by atoms with Crippen LogP contribution in [0.1, 0.15) is 43.4 Å². The molecule has 2 fully saturated rings. The number of fused-ring (bicyclic) bond motifs is 2. The number of aromatic nitrogens is 3. The van der Waals surface area contributed by atoms with Gasteiger partial charge in [-0.05, 0) is 31.7 Å². The number of carbonyl (C=O) groups excluding carboxylic acids is 1. The summed E-state index contributed by atoms with van der Waals surface area (Å²) < 4.78 is 1.96. The van der Waals surface area contributed by atoms with Crippen molar-refractivity contribution in [1.82, 2.24) is 25.2 Å². The van der Waals surface area contributed by atoms with Gasteiger partial charge in [0.05, 0.1) is 17.8 Å². The van der Waals surface area contributed by atoms with Gasteiger partial charge in [0.25, 0.3) is 0 Å². The molecule has 4 heterocycles. The van der Waals surface area contributed by atoms with Gasteiger partial charge < -0.3 is 15.5 Å². The lowest BCUT2D eigenvalue weighted by atomic mass is 9.89. The highest BCUT2D eigenvalue weighted by Gasteiger charge is 2.36. The van der Waals surface area contributed by atoms with Crippen LogP contribution in [0.15, 0.2) is 12.3 Å². The molecule has 2 aromatic rings. The van der Waals surface area contributed by atoms with Crippen molar-refractivity contribution in [3.8, 4) is 0 Å². The van der Waals surface area contributed by atoms with Gasteiger partial charge in [0.2, 0.25) is 5.91 Å². The van der Waals surface area contributed by atoms with Crippen LogP contribution in [0.5, 0.6) is 0 Å². The summed E-state index contributed by atoms with van der Waals surface area (Å²) in [5, 5.41) is 11.2. The Morgan fingerprint density at radius 2 is 2.00 bits per heavy atom. The van der Waals surface area contributed by atoms with Gasteiger partial charge in [-0.2, -0.15) is 9.61 Å². The zero-order valence-electron chi connectivity index (χ0n) is 16.5. The lowest BCUT2D eigenvalue weighted by Crippen LogP contribution is -2.55. The summed E-state index contributed by atoms with van der Waals surface area (Å²) in [6.07, 6.45) is 10.3. The molecule has 28 heavy (non-hydrogen) atoms. The quantitative estimate of drug-likeness (QED) is 0.839. The van der Waals surface area contributed by atoms with E-state index in [0.717, 1.165) is 57.0 Å². The topological polar surface area (TPSA) is 74.6 Å². The van der Waals surface area contributed by atoms with Crippen LogP contribution < -0.4 is 15.5 Å². The van der Waals surface area contributed by atoms with Crippen LogP contribution in [0.2, 0.25) is 0 Å². The Labute approximate surface area is 165 Å². The molecule has 0 unspecified atom stereocenters. The number of rotatable bonds is 4. The molecule has 3 aliphatic rings. The Morgan fingerprint density at radius 1 is 1.18 bits per heavy atom. The minimum Gasteiger partial charge on any atom is -0.355 e. The SMILES string of the molecule is O=C(NCC1CCCCC1)C1CN(c2c3c(nc4ccnn24)CCNCC3)C1. The van der Waals surface area contributed by atoms with Gasteiger partial charge in [-0.1, -0.05) is 19.3 Å². The molecule has 0 bridgehead atoms. The lowest BCUT2D eigenvalue weighted by molar-refractivity contribution is -0.126. The Kier molecular flexibility index (Phi) is 4.93. The van der Waals surface area contributed by atoms with Crippen molar-refractivity contribution >= 4 is 17.4 Å². The van der Waals surface area contributed by atoms with Crippen molar-refractivity contribution in [2.45, 2.75) is 44.9 Å². The fraction of sp³-hybridized carbons (Fsp3) is 0.667. The molecule has 1 saturated carbocycles. The molecule has 7 heteroatoms. The number of nitrogens with one attached hydrogen (secondary N) is 2. The van der Waals surface area contributed by atoms with Crippen LogP contribution in [0.25, 0.3) is 5.65 Å². The standard InChI is InChI=1S/C21H30N6O/c28-20(23-12-15-4-2-1-3-5-15)16-13-26(14-16)21-17-6-9-22-10-7-18(17)25-19-8-11-24-27(19)21/h8,11,15-16,22H,1-7,9-10,12-14H2,(H,23,28). The van der Waals surface area contributed by atoms with E-state index in [-0.39, 0.29) is 11.8 Å². The summed E-state index contributed by atoms with van der Waals surface area (Å²) in [5.74, 6) is 2.13. The first-order valence-corrected chi connectivity index (χ1v) is 10.9. The molecular formula is C21H30N6O. The summed E-state index contributed by atoms with van der Waals surface area (Å²) in [5.41, 5.74) is 3.38. The molecule has 0 radical (unpaired) electrons. The predicted molar refractivity (Wildman–Crippen MR) is 109 cm³/mol. The summed E-state index contributed by atoms with van der Waals surface area (Å²) in [4.78, 5) is 19.8. The minimum atomic E-state index is 0.0851. The predicted octanol–water partition coefficient (Wildman–Crippen LogP) is 1.55. The van der Waals surface area contributed by atoms with Crippen molar-refractivity contribution in [2.75, 3.05) is 37.6 Å². The Hall–Kier alpha value is -2.15. The first-order valence-electron chi connectivity index (χ1n) is 10.9. The maximum Gasteiger partial charge on any atom is 0.226 e. The van der Waals surface area contributed by atoms with Gasteiger partial charge in [-0.25, -0.2) is 4.98 Å². The molecule has 150 valence electrons. The molecule has 5 rings (SSSR count). The van der Waals surface area contributed by atoms with Crippen molar-refractivity contribution in [1.29, 1.82) is 0 Å². The van der Waals surface area contributed by atoms with E-state index in [2.05, 4.69) is 20.6 Å². The zero-order chi connectivity index (χ0) is 18.9. The molecule has 2 N–H and O–H groups in total. The fourth-order valence-corrected chi connectivity index (χ4v) is 4.94. The normalized spacial score (nSPS) is 21.2. The van der Waals surface area contributed by atoms with Crippen molar-refractivity contribution in [3.05, 3.63) is 23.5 Å². The van der Waals surface area contributed by atoms with Gasteiger partial charge in [0, 0.05) is 44.2 Å². The molecule has 2 aromatic heterocycles. The molecule has 0 spiro atoms. The highest BCUT2D eigenvalue weighted by atomic mass is 16.2. The maximum absolute atomic E-state index is 12.6. The molecule has 1 saturated heterocycles. The Balaban J connectivity index is 1.28. The van der Waals surface area contributed by atoms with Crippen molar-refractivity contribution in [2.24, 2.45) is 11.8 Å². The average molecular weight is 383 g/mol. The summed E-state index contributed by atoms with van der Waals surface area (Å²) in [6, 6.07) is 1.97. The lowest BCUT2D eigenvalue weighted by Gasteiger charge is -2.41. The number of hydrogen-bond donors (Lipinski definition) is 2. The molecular weight excluding hydrogens is 352 g/mol. The van der Waals surface area contributed by atoms with Crippen LogP contribution >= 0.6 is 0 Å². The Bertz CT molecular complexity index is 850. The number of carbonyl (C=O) groups is 1. The van der Waals surface area contributed by atoms with Crippen molar-refractivity contribution in [3.63, 3.8) is 0 Å². The van der Waals surface area contributed by atoms with Gasteiger partial charge in [-0.3, -0.25) is 4.79 Å². The van der Waals surface area contributed by atoms with Crippen LogP contribution in [-0.4, -0.2) is 53.2 Å². The number of hydrogen-bond acceptors (Lipinski definition) is 5. The van der Waals surface area contributed by atoms with Crippen LogP contribution in [0.4, 0.5) is 5.82 Å². The van der Waals surface area contributed by atoms with Gasteiger partial charge in [-0.15, -0.1) is 0 Å². The van der Waals surface area contributed by atoms with E-state index in [9.17, 15) is 4.79 Å². The monoisotopic (exact) mass is 382 g/mol. The number of nitrogens with zero attached hydrogens (tertiary/aromatic N) is 4. The van der Waals surface area contributed by atoms with E-state index in [1.165, 1.54) is 43.4 Å². The van der Waals surface area contributed by atoms with Crippen LogP contribution in [-0.2, 0) is 17.6 Å². The zero-order valence-corrected chi connectivity index (χ0v) is 16.5. The summed E-state index contributed by atoms with van der Waals surface area (Å²) in [6.45, 7) is 4.34. The first kappa shape index (κ1) is 17.9. The Morgan fingerprint density at radius 3 is 2.86 bits per heavy atom. The van der Waals surface area contributed by atoms with Crippen LogP contribution in [0.3, 0.4) is 0 Å². The van der Waals surface area contributed by atoms with Gasteiger partial charge in [0.15, 0.2) is 5.65 Å². The van der Waals surface area contributed by atoms with E-state index >= 15 is 0 Å². The molecule has 1 aliphatic carbocycles. The fourth-order valence-electron chi connectivity index (χ4n) is 4.94. The van der Waals surface area contributed by atoms with Gasteiger partial charge >= 0.3 is 0 Å². The summed E-state index contributed by atoms with van der Waals surface area (Å²) in [7, 11) is 0. The second kappa shape index (κ2) is 7.70. The van der Waals surface area contributed by atoms with E-state index < -0.39 is 0 Å². The second-order valence-corrected chi connectivity index (χ2v) is 8.56. The van der Waals surface area contributed by atoms with E-state index in [4.69, 9.17) is 4.98 Å². The molecule has 1 amide bonds. The third-order valence-electron chi connectivity index (χ3n) is 6.62. The van der Waals surface area contributed by atoms with Crippen molar-refractivity contribution < 1.29 is 4.79 Å². The third-order valence-corrected chi connectivity index (χ3v) is 6.62. The maximum atomic E-state index is 12.6. The number of amides is 1. The van der Waals surface area contributed by atoms with Gasteiger partial charge in [0.1, 0.15) is 5.82 Å². The van der Waals surface area contributed by atoms with E-state index in [0.29, 0.717) is 5.92 Å². The first-order chi connectivity index (χ1) is 13.8. The van der Waals surface area contributed by atoms with E-state index in [1.807, 2.05) is 16.8 Å². The minimum absolute atomic E-state index is 0.0851. The highest BCUT2D eigenvalue weighted by Crippen LogP contribution is 2.31. The third kappa shape index (κ3) is 3.36. The smallest absolute Gasteiger partial charge is 0.226 e. The van der Waals surface area contributed by atoms with E-state index in [1.54, 1.807) is 0 Å². The molecule has 2 aliphatic heterocycles. The average Bonchev–Trinajstić information content (AvgIpc) is 3.02. The highest BCUT2D eigenvalue weighted by molar-refractivity contribution is 5.82. The molecule has 7 nitrogen and oxygen atoms in total. The largest absolute Gasteiger partial charge is 0.355 e. The van der Waals surface area contributed by atoms with Crippen LogP contribution in [0, 0.1) is 11.8 Å². The number of anilines is 1. The molecule has 0 aromatic carbocycles. The molecule has 0 atom stereocenters. The second-order valence-electron chi connectivity index (χ2n) is 8.56. The summed E-state index contributed by atoms with van der Waals surface area (Å²) >= 11 is 0.